The zero-order chi connectivity index (χ0) is 25.7. The van der Waals surface area contributed by atoms with Crippen molar-refractivity contribution in [2.24, 2.45) is 0 Å². The molecule has 0 saturated carbocycles. The second-order valence-corrected chi connectivity index (χ2v) is 12.8. The highest BCUT2D eigenvalue weighted by molar-refractivity contribution is 7.99. The van der Waals surface area contributed by atoms with E-state index in [1.54, 1.807) is 11.8 Å². The van der Waals surface area contributed by atoms with Gasteiger partial charge in [0, 0.05) is 12.2 Å². The summed E-state index contributed by atoms with van der Waals surface area (Å²) in [6.45, 7) is 4.95. The lowest BCUT2D eigenvalue weighted by Gasteiger charge is -2.28. The lowest BCUT2D eigenvalue weighted by molar-refractivity contribution is -0.870. The first-order chi connectivity index (χ1) is 16.1. The molecule has 0 aromatic carbocycles. The van der Waals surface area contributed by atoms with E-state index in [9.17, 15) is 14.3 Å². The van der Waals surface area contributed by atoms with Gasteiger partial charge >= 0.3 is 0 Å². The first-order valence-electron chi connectivity index (χ1n) is 13.4. The summed E-state index contributed by atoms with van der Waals surface area (Å²) in [5.41, 5.74) is 0. The number of hydrogen-bond acceptors (Lipinski definition) is 6. The van der Waals surface area contributed by atoms with Crippen molar-refractivity contribution in [2.45, 2.75) is 103 Å². The van der Waals surface area contributed by atoms with E-state index in [0.29, 0.717) is 23.2 Å². The SMILES string of the molecule is CCCCCCCCCCC(=O)N[C@@H](COP(=O)([O-])OCC[N+](C)(C)C)CSCCCCCC. The number of hydrogen-bond donors (Lipinski definition) is 1. The molecule has 9 heteroatoms. The number of carbonyl (C=O) groups is 1. The highest BCUT2D eigenvalue weighted by Gasteiger charge is 2.18. The van der Waals surface area contributed by atoms with Gasteiger partial charge in [0.25, 0.3) is 7.82 Å². The number of rotatable bonds is 24. The number of nitrogens with one attached hydrogen (secondary N) is 1. The Kier molecular flexibility index (Phi) is 21.0. The molecular formula is C25H53N2O5PS. The Bertz CT molecular complexity index is 546. The van der Waals surface area contributed by atoms with Crippen LogP contribution in [0.5, 0.6) is 0 Å². The minimum Gasteiger partial charge on any atom is -0.756 e. The lowest BCUT2D eigenvalue weighted by atomic mass is 10.1. The van der Waals surface area contributed by atoms with E-state index in [4.69, 9.17) is 9.05 Å². The smallest absolute Gasteiger partial charge is 0.268 e. The molecule has 0 aromatic heterocycles. The third-order valence-electron chi connectivity index (χ3n) is 5.53. The van der Waals surface area contributed by atoms with Gasteiger partial charge in [-0.3, -0.25) is 9.36 Å². The fourth-order valence-corrected chi connectivity index (χ4v) is 5.13. The zero-order valence-electron chi connectivity index (χ0n) is 22.6. The molecule has 2 atom stereocenters. The van der Waals surface area contributed by atoms with E-state index < -0.39 is 7.82 Å². The largest absolute Gasteiger partial charge is 0.756 e. The van der Waals surface area contributed by atoms with Crippen LogP contribution >= 0.6 is 19.6 Å². The van der Waals surface area contributed by atoms with Gasteiger partial charge in [-0.05, 0) is 18.6 Å². The van der Waals surface area contributed by atoms with Gasteiger partial charge < -0.3 is 23.7 Å². The summed E-state index contributed by atoms with van der Waals surface area (Å²) in [6.07, 6.45) is 14.7. The number of amides is 1. The van der Waals surface area contributed by atoms with Crippen molar-refractivity contribution in [1.29, 1.82) is 0 Å². The average molecular weight is 525 g/mol. The Morgan fingerprint density at radius 3 is 2.06 bits per heavy atom. The molecule has 1 unspecified atom stereocenters. The molecule has 0 bridgehead atoms. The molecule has 34 heavy (non-hydrogen) atoms. The highest BCUT2D eigenvalue weighted by atomic mass is 32.2. The normalized spacial score (nSPS) is 14.6. The minimum atomic E-state index is -4.39. The first-order valence-corrected chi connectivity index (χ1v) is 16.0. The van der Waals surface area contributed by atoms with Crippen LogP contribution < -0.4 is 10.2 Å². The Hall–Kier alpha value is -0.110. The fourth-order valence-electron chi connectivity index (χ4n) is 3.35. The van der Waals surface area contributed by atoms with Gasteiger partial charge in [-0.2, -0.15) is 11.8 Å². The van der Waals surface area contributed by atoms with Crippen LogP contribution in [-0.4, -0.2) is 68.8 Å². The maximum Gasteiger partial charge on any atom is 0.268 e. The van der Waals surface area contributed by atoms with Crippen LogP contribution in [0.1, 0.15) is 97.3 Å². The first kappa shape index (κ1) is 33.9. The van der Waals surface area contributed by atoms with Gasteiger partial charge in [0.1, 0.15) is 13.2 Å². The summed E-state index contributed by atoms with van der Waals surface area (Å²) in [4.78, 5) is 24.6. The van der Waals surface area contributed by atoms with Gasteiger partial charge in [0.05, 0.1) is 33.8 Å². The Labute approximate surface area is 214 Å². The van der Waals surface area contributed by atoms with Crippen LogP contribution in [0.25, 0.3) is 0 Å². The van der Waals surface area contributed by atoms with Crippen molar-refractivity contribution in [3.8, 4) is 0 Å². The Morgan fingerprint density at radius 2 is 1.47 bits per heavy atom. The quantitative estimate of drug-likeness (QED) is 0.102. The molecule has 0 aliphatic heterocycles. The molecular weight excluding hydrogens is 471 g/mol. The van der Waals surface area contributed by atoms with Crippen molar-refractivity contribution in [3.63, 3.8) is 0 Å². The van der Waals surface area contributed by atoms with Crippen LogP contribution in [0, 0.1) is 0 Å². The maximum absolute atomic E-state index is 12.5. The fraction of sp³-hybridized carbons (Fsp3) is 0.960. The Balaban J connectivity index is 4.40. The van der Waals surface area contributed by atoms with Crippen molar-refractivity contribution in [2.75, 3.05) is 52.4 Å². The number of phosphoric ester groups is 1. The van der Waals surface area contributed by atoms with Crippen LogP contribution in [0.15, 0.2) is 0 Å². The van der Waals surface area contributed by atoms with Crippen molar-refractivity contribution >= 4 is 25.5 Å². The molecule has 1 N–H and O–H groups in total. The van der Waals surface area contributed by atoms with Crippen LogP contribution in [-0.2, 0) is 18.4 Å². The monoisotopic (exact) mass is 524 g/mol. The predicted molar refractivity (Wildman–Crippen MR) is 143 cm³/mol. The van der Waals surface area contributed by atoms with E-state index in [0.717, 1.165) is 25.0 Å². The molecule has 0 heterocycles. The number of likely N-dealkylation sites (N-methyl/N-ethyl adjacent to an activating group) is 1. The topological polar surface area (TPSA) is 87.7 Å². The maximum atomic E-state index is 12.5. The van der Waals surface area contributed by atoms with Crippen molar-refractivity contribution in [1.82, 2.24) is 5.32 Å². The molecule has 0 radical (unpaired) electrons. The molecule has 1 amide bonds. The number of nitrogens with zero attached hydrogens (tertiary/aromatic N) is 1. The van der Waals surface area contributed by atoms with Crippen molar-refractivity contribution in [3.05, 3.63) is 0 Å². The summed E-state index contributed by atoms with van der Waals surface area (Å²) in [7, 11) is 1.51. The predicted octanol–water partition coefficient (Wildman–Crippen LogP) is 5.52. The number of quaternary nitrogens is 1. The van der Waals surface area contributed by atoms with E-state index in [-0.39, 0.29) is 25.2 Å². The summed E-state index contributed by atoms with van der Waals surface area (Å²) in [6, 6.07) is -0.345. The number of phosphoric acid groups is 1. The van der Waals surface area contributed by atoms with Gasteiger partial charge in [0.15, 0.2) is 0 Å². The van der Waals surface area contributed by atoms with E-state index in [1.165, 1.54) is 57.8 Å². The lowest BCUT2D eigenvalue weighted by Crippen LogP contribution is -2.40. The second-order valence-electron chi connectivity index (χ2n) is 10.2. The standard InChI is InChI=1S/C25H53N2O5PS/c1-6-8-10-12-13-14-15-16-18-25(28)26-24(23-34-21-17-11-9-7-2)22-32-33(29,30)31-20-19-27(3,4)5/h24H,6-23H2,1-5H3,(H-,26,28,29,30)/t24-/m0/s1. The number of unbranched alkanes of at least 4 members (excludes halogenated alkanes) is 10. The van der Waals surface area contributed by atoms with Crippen molar-refractivity contribution < 1.29 is 27.8 Å². The second kappa shape index (κ2) is 21.0. The van der Waals surface area contributed by atoms with Gasteiger partial charge in [-0.25, -0.2) is 0 Å². The van der Waals surface area contributed by atoms with Gasteiger partial charge in [0.2, 0.25) is 5.91 Å². The molecule has 0 aliphatic rings. The third-order valence-corrected chi connectivity index (χ3v) is 7.71. The summed E-state index contributed by atoms with van der Waals surface area (Å²) in [5, 5.41) is 2.99. The molecule has 0 rings (SSSR count). The molecule has 0 aromatic rings. The summed E-state index contributed by atoms with van der Waals surface area (Å²) in [5.74, 6) is 1.60. The Morgan fingerprint density at radius 1 is 0.912 bits per heavy atom. The minimum absolute atomic E-state index is 0.0298. The third kappa shape index (κ3) is 23.6. The molecule has 0 spiro atoms. The zero-order valence-corrected chi connectivity index (χ0v) is 24.4. The van der Waals surface area contributed by atoms with Crippen LogP contribution in [0.3, 0.4) is 0 Å². The molecule has 0 fully saturated rings. The molecule has 0 saturated heterocycles. The van der Waals surface area contributed by atoms with E-state index in [2.05, 4.69) is 19.2 Å². The average Bonchev–Trinajstić information content (AvgIpc) is 2.75. The van der Waals surface area contributed by atoms with Crippen LogP contribution in [0.4, 0.5) is 0 Å². The molecule has 7 nitrogen and oxygen atoms in total. The molecule has 0 aliphatic carbocycles. The molecule has 204 valence electrons. The van der Waals surface area contributed by atoms with Gasteiger partial charge in [-0.1, -0.05) is 78.1 Å². The van der Waals surface area contributed by atoms with E-state index >= 15 is 0 Å². The summed E-state index contributed by atoms with van der Waals surface area (Å²) >= 11 is 1.74. The number of carbonyl (C=O) groups excluding carboxylic acids is 1. The highest BCUT2D eigenvalue weighted by Crippen LogP contribution is 2.38. The summed E-state index contributed by atoms with van der Waals surface area (Å²) < 4.78 is 22.9. The number of thioether (sulfide) groups is 1. The van der Waals surface area contributed by atoms with E-state index in [1.807, 2.05) is 21.1 Å². The van der Waals surface area contributed by atoms with Gasteiger partial charge in [-0.15, -0.1) is 0 Å². The van der Waals surface area contributed by atoms with Crippen LogP contribution in [0.2, 0.25) is 0 Å².